The van der Waals surface area contributed by atoms with Gasteiger partial charge >= 0.3 is 5.97 Å². The van der Waals surface area contributed by atoms with Crippen LogP contribution in [-0.4, -0.2) is 21.7 Å². The van der Waals surface area contributed by atoms with Gasteiger partial charge in [0, 0.05) is 34.1 Å². The number of cyclic esters (lactones) is 1. The maximum absolute atomic E-state index is 13.3. The minimum Gasteiger partial charge on any atom is -0.511 e. The van der Waals surface area contributed by atoms with Crippen molar-refractivity contribution < 1.29 is 14.6 Å². The molecule has 1 unspecified atom stereocenters. The first-order valence-corrected chi connectivity index (χ1v) is 13.0. The number of rotatable bonds is 6. The van der Waals surface area contributed by atoms with Gasteiger partial charge in [-0.15, -0.1) is 0 Å². The minimum absolute atomic E-state index is 0.0504. The number of aromatic nitrogens is 1. The van der Waals surface area contributed by atoms with Crippen LogP contribution in [0.15, 0.2) is 58.2 Å². The van der Waals surface area contributed by atoms with Crippen LogP contribution in [0.5, 0.6) is 0 Å². The van der Waals surface area contributed by atoms with Crippen molar-refractivity contribution in [2.75, 3.05) is 5.73 Å². The van der Waals surface area contributed by atoms with Gasteiger partial charge in [-0.3, -0.25) is 0 Å². The van der Waals surface area contributed by atoms with Gasteiger partial charge < -0.3 is 20.6 Å². The summed E-state index contributed by atoms with van der Waals surface area (Å²) in [7, 11) is 0. The van der Waals surface area contributed by atoms with Crippen LogP contribution in [0.2, 0.25) is 0 Å². The zero-order valence-corrected chi connectivity index (χ0v) is 22.3. The SMILES string of the molecule is Cc1cc(SC2=C(O)CC(CCc3cccc4[nH]ccc34)(C(C)C)OC2=O)c(C(C)(C)C)cc1N. The van der Waals surface area contributed by atoms with E-state index in [2.05, 4.69) is 57.8 Å². The number of aliphatic hydroxyl groups is 1. The Bertz CT molecular complexity index is 1300. The highest BCUT2D eigenvalue weighted by Crippen LogP contribution is 2.45. The molecule has 3 aromatic rings. The smallest absolute Gasteiger partial charge is 0.349 e. The third-order valence-electron chi connectivity index (χ3n) is 7.15. The molecular formula is C29H36N2O3S. The van der Waals surface area contributed by atoms with Gasteiger partial charge in [-0.25, -0.2) is 4.79 Å². The number of carbonyl (C=O) groups is 1. The largest absolute Gasteiger partial charge is 0.511 e. The van der Waals surface area contributed by atoms with Crippen LogP contribution in [-0.2, 0) is 21.4 Å². The van der Waals surface area contributed by atoms with E-state index in [1.54, 1.807) is 0 Å². The Morgan fingerprint density at radius 2 is 1.97 bits per heavy atom. The third kappa shape index (κ3) is 4.94. The summed E-state index contributed by atoms with van der Waals surface area (Å²) in [6.45, 7) is 12.4. The van der Waals surface area contributed by atoms with Crippen molar-refractivity contribution in [2.24, 2.45) is 5.92 Å². The number of nitrogens with one attached hydrogen (secondary N) is 1. The lowest BCUT2D eigenvalue weighted by atomic mass is 9.80. The standard InChI is InChI=1S/C29H36N2O3S/c1-17(2)29(12-10-19-8-7-9-23-20(19)11-13-31-23)16-24(32)26(27(33)34-29)35-25-14-18(3)22(30)15-21(25)28(4,5)6/h7-9,11,13-15,17,31-32H,10,12,16,30H2,1-6H3. The molecule has 1 atom stereocenters. The lowest BCUT2D eigenvalue weighted by Gasteiger charge is -2.40. The number of ether oxygens (including phenoxy) is 1. The topological polar surface area (TPSA) is 88.3 Å². The Hall–Kier alpha value is -2.86. The van der Waals surface area contributed by atoms with Crippen LogP contribution < -0.4 is 5.73 Å². The van der Waals surface area contributed by atoms with Crippen molar-refractivity contribution in [3.63, 3.8) is 0 Å². The first kappa shape index (κ1) is 25.2. The van der Waals surface area contributed by atoms with Gasteiger partial charge in [-0.05, 0) is 72.1 Å². The predicted octanol–water partition coefficient (Wildman–Crippen LogP) is 7.19. The average molecular weight is 493 g/mol. The lowest BCUT2D eigenvalue weighted by molar-refractivity contribution is -0.164. The highest BCUT2D eigenvalue weighted by atomic mass is 32.2. The molecule has 4 rings (SSSR count). The molecule has 186 valence electrons. The van der Waals surface area contributed by atoms with E-state index in [0.717, 1.165) is 33.6 Å². The van der Waals surface area contributed by atoms with Crippen LogP contribution in [0, 0.1) is 12.8 Å². The van der Waals surface area contributed by atoms with Crippen LogP contribution in [0.1, 0.15) is 64.2 Å². The van der Waals surface area contributed by atoms with E-state index in [1.165, 1.54) is 22.7 Å². The fraction of sp³-hybridized carbons (Fsp3) is 0.414. The summed E-state index contributed by atoms with van der Waals surface area (Å²) in [5.74, 6) is -0.301. The molecule has 0 saturated heterocycles. The van der Waals surface area contributed by atoms with E-state index in [9.17, 15) is 9.90 Å². The number of aryl methyl sites for hydroxylation is 2. The van der Waals surface area contributed by atoms with E-state index in [4.69, 9.17) is 10.5 Å². The molecule has 4 N–H and O–H groups in total. The van der Waals surface area contributed by atoms with Crippen molar-refractivity contribution >= 4 is 34.3 Å². The Balaban J connectivity index is 1.63. The molecule has 5 nitrogen and oxygen atoms in total. The van der Waals surface area contributed by atoms with Crippen molar-refractivity contribution in [2.45, 2.75) is 76.7 Å². The second kappa shape index (κ2) is 9.30. The fourth-order valence-corrected chi connectivity index (χ4v) is 6.04. The van der Waals surface area contributed by atoms with Crippen LogP contribution >= 0.6 is 11.8 Å². The molecule has 0 aliphatic carbocycles. The first-order valence-electron chi connectivity index (χ1n) is 12.2. The van der Waals surface area contributed by atoms with Gasteiger partial charge in [0.05, 0.1) is 0 Å². The van der Waals surface area contributed by atoms with Crippen LogP contribution in [0.3, 0.4) is 0 Å². The number of nitrogens with two attached hydrogens (primary N) is 1. The molecule has 0 bridgehead atoms. The molecule has 0 amide bonds. The molecule has 0 radical (unpaired) electrons. The van der Waals surface area contributed by atoms with Gasteiger partial charge in [-0.1, -0.05) is 58.5 Å². The summed E-state index contributed by atoms with van der Waals surface area (Å²) >= 11 is 1.28. The zero-order valence-electron chi connectivity index (χ0n) is 21.5. The number of carbonyl (C=O) groups excluding carboxylic acids is 1. The lowest BCUT2D eigenvalue weighted by Crippen LogP contribution is -2.44. The number of thioether (sulfide) groups is 1. The molecule has 0 fully saturated rings. The number of fused-ring (bicyclic) bond motifs is 1. The Morgan fingerprint density at radius 1 is 1.23 bits per heavy atom. The van der Waals surface area contributed by atoms with Gasteiger partial charge in [-0.2, -0.15) is 0 Å². The van der Waals surface area contributed by atoms with E-state index in [0.29, 0.717) is 12.8 Å². The number of anilines is 1. The highest BCUT2D eigenvalue weighted by Gasteiger charge is 2.44. The molecule has 0 spiro atoms. The number of aromatic amines is 1. The summed E-state index contributed by atoms with van der Waals surface area (Å²) in [4.78, 5) is 17.8. The average Bonchev–Trinajstić information content (AvgIpc) is 3.25. The van der Waals surface area contributed by atoms with Crippen molar-refractivity contribution in [1.82, 2.24) is 4.98 Å². The molecule has 6 heteroatoms. The Kier molecular flexibility index (Phi) is 6.71. The molecule has 2 aromatic carbocycles. The minimum atomic E-state index is -0.756. The van der Waals surface area contributed by atoms with Gasteiger partial charge in [0.1, 0.15) is 16.3 Å². The van der Waals surface area contributed by atoms with Gasteiger partial charge in [0.15, 0.2) is 0 Å². The molecule has 0 saturated carbocycles. The second-order valence-electron chi connectivity index (χ2n) is 11.0. The van der Waals surface area contributed by atoms with E-state index < -0.39 is 11.6 Å². The number of hydrogen-bond acceptors (Lipinski definition) is 5. The number of aliphatic hydroxyl groups excluding tert-OH is 1. The third-order valence-corrected chi connectivity index (χ3v) is 8.32. The van der Waals surface area contributed by atoms with Crippen molar-refractivity contribution in [3.05, 3.63) is 69.9 Å². The Labute approximate surface area is 212 Å². The summed E-state index contributed by atoms with van der Waals surface area (Å²) in [6, 6.07) is 12.3. The molecule has 35 heavy (non-hydrogen) atoms. The second-order valence-corrected chi connectivity index (χ2v) is 12.0. The molecule has 1 aliphatic rings. The Morgan fingerprint density at radius 3 is 2.63 bits per heavy atom. The number of esters is 1. The van der Waals surface area contributed by atoms with E-state index in [-0.39, 0.29) is 22.0 Å². The summed E-state index contributed by atoms with van der Waals surface area (Å²) in [6.07, 6.45) is 3.63. The molecule has 1 aliphatic heterocycles. The normalized spacial score (nSPS) is 19.0. The highest BCUT2D eigenvalue weighted by molar-refractivity contribution is 8.04. The number of nitrogen functional groups attached to an aromatic ring is 1. The zero-order chi connectivity index (χ0) is 25.5. The number of benzene rings is 2. The summed E-state index contributed by atoms with van der Waals surface area (Å²) in [5.41, 5.74) is 10.3. The quantitative estimate of drug-likeness (QED) is 0.250. The molecule has 2 heterocycles. The maximum Gasteiger partial charge on any atom is 0.349 e. The molecular weight excluding hydrogens is 456 g/mol. The number of hydrogen-bond donors (Lipinski definition) is 3. The van der Waals surface area contributed by atoms with Crippen molar-refractivity contribution in [1.29, 1.82) is 0 Å². The molecule has 1 aromatic heterocycles. The van der Waals surface area contributed by atoms with Gasteiger partial charge in [0.2, 0.25) is 0 Å². The van der Waals surface area contributed by atoms with Crippen LogP contribution in [0.25, 0.3) is 10.9 Å². The summed E-state index contributed by atoms with van der Waals surface area (Å²) < 4.78 is 6.18. The fourth-order valence-electron chi connectivity index (χ4n) is 4.79. The maximum atomic E-state index is 13.3. The van der Waals surface area contributed by atoms with E-state index >= 15 is 0 Å². The van der Waals surface area contributed by atoms with E-state index in [1.807, 2.05) is 31.3 Å². The number of H-pyrrole nitrogens is 1. The first-order chi connectivity index (χ1) is 16.4. The van der Waals surface area contributed by atoms with Gasteiger partial charge in [0.25, 0.3) is 0 Å². The summed E-state index contributed by atoms with van der Waals surface area (Å²) in [5, 5.41) is 12.3. The van der Waals surface area contributed by atoms with Crippen LogP contribution in [0.4, 0.5) is 5.69 Å². The monoisotopic (exact) mass is 492 g/mol. The van der Waals surface area contributed by atoms with Crippen molar-refractivity contribution in [3.8, 4) is 0 Å². The predicted molar refractivity (Wildman–Crippen MR) is 145 cm³/mol.